The van der Waals surface area contributed by atoms with Crippen molar-refractivity contribution < 1.29 is 8.91 Å². The maximum absolute atomic E-state index is 15.0. The standard InChI is InChI=1S/C18H18ClFN4O3/c1-7-5-23(6-11(7)21)15-10(20)4-9-14(13(15)19)24(8-2-3-8)18-12(16(9)25)17(26)22-27-18/h4,7-8,11H,2-3,5-6,21H2,1H3,(H,22,26). The Bertz CT molecular complexity index is 1200. The molecule has 3 N–H and O–H groups in total. The Hall–Kier alpha value is -2.32. The molecular formula is C18H18ClFN4O3. The van der Waals surface area contributed by atoms with Gasteiger partial charge in [-0.15, -0.1) is 0 Å². The fourth-order valence-corrected chi connectivity index (χ4v) is 4.46. The maximum atomic E-state index is 15.0. The summed E-state index contributed by atoms with van der Waals surface area (Å²) < 4.78 is 22.1. The van der Waals surface area contributed by atoms with E-state index in [1.165, 1.54) is 6.07 Å². The first-order chi connectivity index (χ1) is 12.9. The minimum atomic E-state index is -0.619. The lowest BCUT2D eigenvalue weighted by Gasteiger charge is -2.23. The number of pyridine rings is 1. The number of fused-ring (bicyclic) bond motifs is 2. The fraction of sp³-hybridized carbons (Fsp3) is 0.444. The van der Waals surface area contributed by atoms with Gasteiger partial charge in [0, 0.05) is 25.2 Å². The van der Waals surface area contributed by atoms with Crippen LogP contribution in [0.4, 0.5) is 10.1 Å². The first-order valence-corrected chi connectivity index (χ1v) is 9.34. The molecule has 2 fully saturated rings. The van der Waals surface area contributed by atoms with Crippen molar-refractivity contribution >= 4 is 39.3 Å². The number of nitrogens with zero attached hydrogens (tertiary/aromatic N) is 2. The number of rotatable bonds is 2. The second kappa shape index (κ2) is 5.59. The molecule has 1 aliphatic carbocycles. The Morgan fingerprint density at radius 1 is 1.33 bits per heavy atom. The van der Waals surface area contributed by atoms with Gasteiger partial charge in [-0.25, -0.2) is 4.39 Å². The molecule has 3 aromatic rings. The lowest BCUT2D eigenvalue weighted by atomic mass is 10.1. The zero-order chi connectivity index (χ0) is 19.0. The van der Waals surface area contributed by atoms with Crippen LogP contribution >= 0.6 is 11.6 Å². The number of hydrogen-bond donors (Lipinski definition) is 2. The van der Waals surface area contributed by atoms with Crippen LogP contribution in [-0.4, -0.2) is 28.9 Å². The van der Waals surface area contributed by atoms with Crippen molar-refractivity contribution in [2.75, 3.05) is 18.0 Å². The van der Waals surface area contributed by atoms with Crippen molar-refractivity contribution in [2.24, 2.45) is 11.7 Å². The van der Waals surface area contributed by atoms with Gasteiger partial charge in [-0.05, 0) is 24.8 Å². The number of nitrogens with two attached hydrogens (primary N) is 1. The smallest absolute Gasteiger partial charge is 0.293 e. The number of nitrogens with one attached hydrogen (secondary N) is 1. The third kappa shape index (κ3) is 2.29. The average molecular weight is 393 g/mol. The molecule has 0 radical (unpaired) electrons. The largest absolute Gasteiger partial charge is 0.366 e. The summed E-state index contributed by atoms with van der Waals surface area (Å²) >= 11 is 6.67. The van der Waals surface area contributed by atoms with Crippen molar-refractivity contribution in [1.29, 1.82) is 0 Å². The van der Waals surface area contributed by atoms with Crippen molar-refractivity contribution in [3.63, 3.8) is 0 Å². The van der Waals surface area contributed by atoms with Crippen LogP contribution in [0, 0.1) is 11.7 Å². The summed E-state index contributed by atoms with van der Waals surface area (Å²) in [6.45, 7) is 3.08. The molecule has 7 nitrogen and oxygen atoms in total. The lowest BCUT2D eigenvalue weighted by Crippen LogP contribution is -2.29. The third-order valence-electron chi connectivity index (χ3n) is 5.68. The Morgan fingerprint density at radius 3 is 2.70 bits per heavy atom. The van der Waals surface area contributed by atoms with Gasteiger partial charge < -0.3 is 19.7 Å². The summed E-state index contributed by atoms with van der Waals surface area (Å²) in [5.74, 6) is -0.389. The summed E-state index contributed by atoms with van der Waals surface area (Å²) in [6.07, 6.45) is 1.74. The van der Waals surface area contributed by atoms with Crippen molar-refractivity contribution in [1.82, 2.24) is 9.72 Å². The molecule has 0 spiro atoms. The second-order valence-corrected chi connectivity index (χ2v) is 7.98. The molecule has 27 heavy (non-hydrogen) atoms. The van der Waals surface area contributed by atoms with E-state index in [9.17, 15) is 9.59 Å². The molecule has 9 heteroatoms. The van der Waals surface area contributed by atoms with E-state index in [0.717, 1.165) is 12.8 Å². The number of anilines is 1. The van der Waals surface area contributed by atoms with E-state index in [0.29, 0.717) is 18.6 Å². The monoisotopic (exact) mass is 392 g/mol. The van der Waals surface area contributed by atoms with Crippen molar-refractivity contribution in [2.45, 2.75) is 31.8 Å². The normalized spacial score (nSPS) is 23.0. The number of hydrogen-bond acceptors (Lipinski definition) is 5. The molecule has 2 aliphatic rings. The van der Waals surface area contributed by atoms with E-state index in [2.05, 4.69) is 5.16 Å². The number of halogens is 2. The molecule has 2 aromatic heterocycles. The Labute approximate surface area is 157 Å². The summed E-state index contributed by atoms with van der Waals surface area (Å²) in [5.41, 5.74) is 5.70. The topological polar surface area (TPSA) is 97.3 Å². The summed E-state index contributed by atoms with van der Waals surface area (Å²) in [7, 11) is 0. The maximum Gasteiger partial charge on any atom is 0.293 e. The van der Waals surface area contributed by atoms with E-state index in [-0.39, 0.29) is 45.2 Å². The van der Waals surface area contributed by atoms with E-state index < -0.39 is 16.8 Å². The van der Waals surface area contributed by atoms with Crippen LogP contribution < -0.4 is 21.6 Å². The molecule has 0 amide bonds. The van der Waals surface area contributed by atoms with Crippen LogP contribution in [0.5, 0.6) is 0 Å². The summed E-state index contributed by atoms with van der Waals surface area (Å²) in [4.78, 5) is 26.7. The molecule has 2 unspecified atom stereocenters. The van der Waals surface area contributed by atoms with Crippen molar-refractivity contribution in [3.05, 3.63) is 37.5 Å². The lowest BCUT2D eigenvalue weighted by molar-refractivity contribution is 0.428. The fourth-order valence-electron chi connectivity index (χ4n) is 4.05. The number of aromatic amines is 1. The quantitative estimate of drug-likeness (QED) is 0.697. The second-order valence-electron chi connectivity index (χ2n) is 7.61. The van der Waals surface area contributed by atoms with Crippen molar-refractivity contribution in [3.8, 4) is 0 Å². The summed E-state index contributed by atoms with van der Waals surface area (Å²) in [5, 5.41) is 2.35. The average Bonchev–Trinajstić information content (AvgIpc) is 3.30. The van der Waals surface area contributed by atoms with Crippen LogP contribution in [-0.2, 0) is 0 Å². The molecule has 3 heterocycles. The molecule has 1 saturated heterocycles. The van der Waals surface area contributed by atoms with Gasteiger partial charge in [-0.3, -0.25) is 9.59 Å². The molecule has 1 aromatic carbocycles. The van der Waals surface area contributed by atoms with E-state index in [4.69, 9.17) is 21.9 Å². The van der Waals surface area contributed by atoms with Gasteiger partial charge in [0.2, 0.25) is 11.1 Å². The molecule has 2 atom stereocenters. The Morgan fingerprint density at radius 2 is 2.07 bits per heavy atom. The van der Waals surface area contributed by atoms with E-state index >= 15 is 4.39 Å². The van der Waals surface area contributed by atoms with Gasteiger partial charge >= 0.3 is 0 Å². The minimum absolute atomic E-state index is 0.0603. The predicted octanol–water partition coefficient (Wildman–Crippen LogP) is 2.35. The van der Waals surface area contributed by atoms with Gasteiger partial charge in [0.25, 0.3) is 5.56 Å². The zero-order valence-electron chi connectivity index (χ0n) is 14.6. The molecule has 1 saturated carbocycles. The molecule has 0 bridgehead atoms. The van der Waals surface area contributed by atoms with Gasteiger partial charge in [0.05, 0.1) is 21.6 Å². The highest BCUT2D eigenvalue weighted by Gasteiger charge is 2.34. The highest BCUT2D eigenvalue weighted by molar-refractivity contribution is 6.38. The third-order valence-corrected chi connectivity index (χ3v) is 6.04. The minimum Gasteiger partial charge on any atom is -0.366 e. The van der Waals surface area contributed by atoms with E-state index in [1.807, 2.05) is 11.8 Å². The summed E-state index contributed by atoms with van der Waals surface area (Å²) in [6, 6.07) is 1.16. The molecule has 1 aliphatic heterocycles. The van der Waals surface area contributed by atoms with E-state index in [1.54, 1.807) is 4.57 Å². The zero-order valence-corrected chi connectivity index (χ0v) is 15.3. The first kappa shape index (κ1) is 16.8. The number of H-pyrrole nitrogens is 1. The number of benzene rings is 1. The van der Waals surface area contributed by atoms with Crippen LogP contribution in [0.3, 0.4) is 0 Å². The molecule has 5 rings (SSSR count). The first-order valence-electron chi connectivity index (χ1n) is 8.96. The van der Waals surface area contributed by atoms with Crippen LogP contribution in [0.1, 0.15) is 25.8 Å². The number of aromatic nitrogens is 2. The van der Waals surface area contributed by atoms with Crippen LogP contribution in [0.15, 0.2) is 20.2 Å². The van der Waals surface area contributed by atoms with Gasteiger partial charge in [0.15, 0.2) is 5.39 Å². The van der Waals surface area contributed by atoms with Gasteiger partial charge in [0.1, 0.15) is 5.82 Å². The van der Waals surface area contributed by atoms with Gasteiger partial charge in [-0.2, -0.15) is 5.16 Å². The van der Waals surface area contributed by atoms with Gasteiger partial charge in [-0.1, -0.05) is 18.5 Å². The Kier molecular flexibility index (Phi) is 3.48. The highest BCUT2D eigenvalue weighted by atomic mass is 35.5. The predicted molar refractivity (Wildman–Crippen MR) is 101 cm³/mol. The highest BCUT2D eigenvalue weighted by Crippen LogP contribution is 2.44. The van der Waals surface area contributed by atoms with Crippen LogP contribution in [0.25, 0.3) is 22.0 Å². The SMILES string of the molecule is CC1CN(c2c(F)cc3c(=O)c4c(=O)[nH]oc4n(C4CC4)c3c2Cl)CC1N. The van der Waals surface area contributed by atoms with Crippen LogP contribution in [0.2, 0.25) is 5.02 Å². The molecule has 142 valence electrons. The molecular weight excluding hydrogens is 375 g/mol. The Balaban J connectivity index is 1.89.